The molecule has 1 aliphatic heterocycles. The Labute approximate surface area is 161 Å². The first-order chi connectivity index (χ1) is 13.3. The van der Waals surface area contributed by atoms with Gasteiger partial charge in [0.05, 0.1) is 11.6 Å². The number of carbonyl (C=O) groups excluding carboxylic acids is 1. The van der Waals surface area contributed by atoms with Crippen molar-refractivity contribution in [1.29, 1.82) is 0 Å². The number of aromatic nitrogens is 1. The molecule has 1 unspecified atom stereocenters. The molecule has 28 heavy (non-hydrogen) atoms. The summed E-state index contributed by atoms with van der Waals surface area (Å²) in [6.45, 7) is 1.22. The van der Waals surface area contributed by atoms with Crippen molar-refractivity contribution >= 4 is 11.7 Å². The van der Waals surface area contributed by atoms with E-state index in [1.54, 1.807) is 0 Å². The monoisotopic (exact) mass is 392 g/mol. The minimum Gasteiger partial charge on any atom is -0.356 e. The molecule has 150 valence electrons. The molecule has 1 fully saturated rings. The minimum absolute atomic E-state index is 0.0000201. The lowest BCUT2D eigenvalue weighted by molar-refractivity contribution is -0.137. The van der Waals surface area contributed by atoms with E-state index in [0.29, 0.717) is 38.2 Å². The van der Waals surface area contributed by atoms with Crippen molar-refractivity contribution in [3.05, 3.63) is 59.8 Å². The molecule has 8 heteroatoms. The van der Waals surface area contributed by atoms with E-state index in [2.05, 4.69) is 10.3 Å². The number of hydrogen-bond acceptors (Lipinski definition) is 4. The Morgan fingerprint density at radius 2 is 1.86 bits per heavy atom. The number of hydrogen-bond donors (Lipinski definition) is 2. The highest BCUT2D eigenvalue weighted by Crippen LogP contribution is 2.29. The van der Waals surface area contributed by atoms with Crippen LogP contribution in [-0.2, 0) is 17.4 Å². The lowest BCUT2D eigenvalue weighted by Crippen LogP contribution is -2.50. The zero-order valence-corrected chi connectivity index (χ0v) is 15.3. The number of alkyl halides is 3. The van der Waals surface area contributed by atoms with Gasteiger partial charge in [-0.3, -0.25) is 4.79 Å². The van der Waals surface area contributed by atoms with E-state index in [1.165, 1.54) is 6.07 Å². The summed E-state index contributed by atoms with van der Waals surface area (Å²) in [7, 11) is 0. The average Bonchev–Trinajstić information content (AvgIpc) is 2.69. The number of carbonyl (C=O) groups is 1. The zero-order valence-electron chi connectivity index (χ0n) is 15.3. The first-order valence-electron chi connectivity index (χ1n) is 9.21. The van der Waals surface area contributed by atoms with Crippen molar-refractivity contribution in [3.63, 3.8) is 0 Å². The molecule has 0 saturated carbocycles. The van der Waals surface area contributed by atoms with Gasteiger partial charge in [-0.2, -0.15) is 13.2 Å². The van der Waals surface area contributed by atoms with Gasteiger partial charge < -0.3 is 16.0 Å². The van der Waals surface area contributed by atoms with E-state index >= 15 is 0 Å². The largest absolute Gasteiger partial charge is 0.417 e. The standard InChI is InChI=1S/C20H23F3N4O/c21-20(22,23)15-6-7-18(25-13-15)27-10-8-16(9-11-27)26-19(28)17(24)12-14-4-2-1-3-5-14/h1-7,13,16-17H,8-12,24H2,(H,26,28). The molecule has 1 aliphatic rings. The molecule has 5 nitrogen and oxygen atoms in total. The van der Waals surface area contributed by atoms with Crippen LogP contribution >= 0.6 is 0 Å². The second kappa shape index (κ2) is 8.60. The maximum atomic E-state index is 12.6. The van der Waals surface area contributed by atoms with Gasteiger partial charge in [-0.15, -0.1) is 0 Å². The number of halogens is 3. The van der Waals surface area contributed by atoms with E-state index in [9.17, 15) is 18.0 Å². The van der Waals surface area contributed by atoms with E-state index in [0.717, 1.165) is 17.8 Å². The van der Waals surface area contributed by atoms with Gasteiger partial charge in [-0.25, -0.2) is 4.98 Å². The third-order valence-corrected chi connectivity index (χ3v) is 4.88. The van der Waals surface area contributed by atoms with Crippen molar-refractivity contribution in [2.45, 2.75) is 37.5 Å². The first-order valence-corrected chi connectivity index (χ1v) is 9.21. The molecule has 1 aromatic heterocycles. The van der Waals surface area contributed by atoms with Gasteiger partial charge >= 0.3 is 6.18 Å². The summed E-state index contributed by atoms with van der Waals surface area (Å²) in [5.41, 5.74) is 6.26. The Kier molecular flexibility index (Phi) is 6.18. The normalized spacial score (nSPS) is 16.6. The van der Waals surface area contributed by atoms with Gasteiger partial charge in [0.15, 0.2) is 0 Å². The lowest BCUT2D eigenvalue weighted by Gasteiger charge is -2.33. The fourth-order valence-corrected chi connectivity index (χ4v) is 3.26. The number of pyridine rings is 1. The summed E-state index contributed by atoms with van der Waals surface area (Å²) < 4.78 is 37.9. The molecule has 2 aromatic rings. The Morgan fingerprint density at radius 1 is 1.18 bits per heavy atom. The van der Waals surface area contributed by atoms with E-state index in [1.807, 2.05) is 35.2 Å². The quantitative estimate of drug-likeness (QED) is 0.821. The van der Waals surface area contributed by atoms with Crippen LogP contribution in [0, 0.1) is 0 Å². The Bertz CT molecular complexity index is 772. The number of rotatable bonds is 5. The molecule has 1 aromatic carbocycles. The van der Waals surface area contributed by atoms with Gasteiger partial charge in [-0.1, -0.05) is 30.3 Å². The maximum Gasteiger partial charge on any atom is 0.417 e. The summed E-state index contributed by atoms with van der Waals surface area (Å²) in [5.74, 6) is 0.327. The highest BCUT2D eigenvalue weighted by molar-refractivity contribution is 5.82. The fourth-order valence-electron chi connectivity index (χ4n) is 3.26. The fraction of sp³-hybridized carbons (Fsp3) is 0.400. The van der Waals surface area contributed by atoms with Crippen LogP contribution in [0.1, 0.15) is 24.0 Å². The van der Waals surface area contributed by atoms with Crippen molar-refractivity contribution in [1.82, 2.24) is 10.3 Å². The molecule has 1 amide bonds. The van der Waals surface area contributed by atoms with E-state index in [4.69, 9.17) is 5.73 Å². The molecule has 3 N–H and O–H groups in total. The molecule has 0 bridgehead atoms. The third kappa shape index (κ3) is 5.22. The maximum absolute atomic E-state index is 12.6. The Balaban J connectivity index is 1.48. The SMILES string of the molecule is NC(Cc1ccccc1)C(=O)NC1CCN(c2ccc(C(F)(F)F)cn2)CC1. The Morgan fingerprint density at radius 3 is 2.43 bits per heavy atom. The smallest absolute Gasteiger partial charge is 0.356 e. The van der Waals surface area contributed by atoms with Gasteiger partial charge in [-0.05, 0) is 37.0 Å². The van der Waals surface area contributed by atoms with Crippen LogP contribution in [0.5, 0.6) is 0 Å². The number of nitrogens with zero attached hydrogens (tertiary/aromatic N) is 2. The van der Waals surface area contributed by atoms with Crippen LogP contribution in [0.3, 0.4) is 0 Å². The molecule has 0 spiro atoms. The van der Waals surface area contributed by atoms with Crippen molar-refractivity contribution < 1.29 is 18.0 Å². The molecule has 0 radical (unpaired) electrons. The van der Waals surface area contributed by atoms with Crippen LogP contribution in [0.25, 0.3) is 0 Å². The summed E-state index contributed by atoms with van der Waals surface area (Å²) in [6, 6.07) is 11.4. The van der Waals surface area contributed by atoms with Crippen LogP contribution in [0.15, 0.2) is 48.7 Å². The van der Waals surface area contributed by atoms with Crippen molar-refractivity contribution in [2.24, 2.45) is 5.73 Å². The number of amides is 1. The number of nitrogens with one attached hydrogen (secondary N) is 1. The molecule has 1 atom stereocenters. The molecular weight excluding hydrogens is 369 g/mol. The minimum atomic E-state index is -4.39. The second-order valence-corrected chi connectivity index (χ2v) is 6.97. The van der Waals surface area contributed by atoms with Crippen LogP contribution in [0.4, 0.5) is 19.0 Å². The summed E-state index contributed by atoms with van der Waals surface area (Å²) in [5, 5.41) is 2.98. The molecule has 0 aliphatic carbocycles. The molecular formula is C20H23F3N4O. The van der Waals surface area contributed by atoms with Gasteiger partial charge in [0.2, 0.25) is 5.91 Å². The topological polar surface area (TPSA) is 71.2 Å². The van der Waals surface area contributed by atoms with E-state index in [-0.39, 0.29) is 11.9 Å². The van der Waals surface area contributed by atoms with Gasteiger partial charge in [0.1, 0.15) is 5.82 Å². The summed E-state index contributed by atoms with van der Waals surface area (Å²) >= 11 is 0. The third-order valence-electron chi connectivity index (χ3n) is 4.88. The van der Waals surface area contributed by atoms with Crippen molar-refractivity contribution in [2.75, 3.05) is 18.0 Å². The predicted molar refractivity (Wildman–Crippen MR) is 101 cm³/mol. The van der Waals surface area contributed by atoms with Gasteiger partial charge in [0, 0.05) is 25.3 Å². The van der Waals surface area contributed by atoms with Crippen LogP contribution in [-0.4, -0.2) is 36.1 Å². The average molecular weight is 392 g/mol. The zero-order chi connectivity index (χ0) is 20.1. The highest BCUT2D eigenvalue weighted by atomic mass is 19.4. The highest BCUT2D eigenvalue weighted by Gasteiger charge is 2.31. The predicted octanol–water partition coefficient (Wildman–Crippen LogP) is 2.76. The summed E-state index contributed by atoms with van der Waals surface area (Å²) in [4.78, 5) is 18.2. The van der Waals surface area contributed by atoms with Crippen LogP contribution < -0.4 is 16.0 Å². The number of benzene rings is 1. The summed E-state index contributed by atoms with van der Waals surface area (Å²) in [6.07, 6.45) is -1.69. The van der Waals surface area contributed by atoms with Gasteiger partial charge in [0.25, 0.3) is 0 Å². The molecule has 3 rings (SSSR count). The number of anilines is 1. The molecule has 1 saturated heterocycles. The first kappa shape index (κ1) is 20.1. The molecule has 2 heterocycles. The van der Waals surface area contributed by atoms with E-state index < -0.39 is 17.8 Å². The lowest BCUT2D eigenvalue weighted by atomic mass is 10.0. The second-order valence-electron chi connectivity index (χ2n) is 6.97. The van der Waals surface area contributed by atoms with Crippen LogP contribution in [0.2, 0.25) is 0 Å². The number of nitrogens with two attached hydrogens (primary N) is 1. The van der Waals surface area contributed by atoms with Crippen molar-refractivity contribution in [3.8, 4) is 0 Å². The number of piperidine rings is 1. The Hall–Kier alpha value is -2.61.